The Labute approximate surface area is 182 Å². The van der Waals surface area contributed by atoms with Crippen LogP contribution in [0.2, 0.25) is 0 Å². The molecule has 1 N–H and O–H groups in total. The summed E-state index contributed by atoms with van der Waals surface area (Å²) in [6.45, 7) is 3.99. The van der Waals surface area contributed by atoms with E-state index in [0.29, 0.717) is 21.9 Å². The highest BCUT2D eigenvalue weighted by Crippen LogP contribution is 2.29. The molecule has 0 saturated carbocycles. The van der Waals surface area contributed by atoms with Gasteiger partial charge in [0, 0.05) is 16.7 Å². The maximum Gasteiger partial charge on any atom is 0.283 e. The summed E-state index contributed by atoms with van der Waals surface area (Å²) in [5.41, 5.74) is 5.56. The van der Waals surface area contributed by atoms with Crippen LogP contribution in [0, 0.1) is 19.7 Å². The van der Waals surface area contributed by atoms with E-state index in [2.05, 4.69) is 4.98 Å². The summed E-state index contributed by atoms with van der Waals surface area (Å²) < 4.78 is 15.3. The molecule has 0 amide bonds. The molecule has 4 nitrogen and oxygen atoms in total. The molecule has 0 saturated heterocycles. The van der Waals surface area contributed by atoms with E-state index in [1.165, 1.54) is 23.9 Å². The Bertz CT molecular complexity index is 1500. The quantitative estimate of drug-likeness (QED) is 0.285. The molecule has 0 unspecified atom stereocenters. The number of para-hydroxylation sites is 1. The van der Waals surface area contributed by atoms with Crippen molar-refractivity contribution in [3.8, 4) is 5.69 Å². The van der Waals surface area contributed by atoms with Gasteiger partial charge in [0.2, 0.25) is 0 Å². The Balaban J connectivity index is 1.75. The topological polar surface area (TPSA) is 50.7 Å². The molecule has 2 heterocycles. The molecule has 0 aliphatic rings. The number of H-pyrrole nitrogens is 1. The van der Waals surface area contributed by atoms with E-state index in [0.717, 1.165) is 33.3 Å². The molecule has 3 aromatic carbocycles. The molecule has 0 aliphatic carbocycles. The van der Waals surface area contributed by atoms with Gasteiger partial charge in [0.25, 0.3) is 5.56 Å². The monoisotopic (exact) mass is 429 g/mol. The Morgan fingerprint density at radius 3 is 2.71 bits per heavy atom. The van der Waals surface area contributed by atoms with E-state index in [4.69, 9.17) is 4.98 Å². The minimum Gasteiger partial charge on any atom is -0.349 e. The first-order valence-corrected chi connectivity index (χ1v) is 11.0. The fourth-order valence-corrected chi connectivity index (χ4v) is 4.73. The van der Waals surface area contributed by atoms with Crippen molar-refractivity contribution in [2.45, 2.75) is 24.8 Å². The number of rotatable bonds is 4. The van der Waals surface area contributed by atoms with Crippen LogP contribution in [0.25, 0.3) is 27.6 Å². The molecule has 5 aromatic rings. The molecule has 154 valence electrons. The number of aromatic nitrogens is 3. The van der Waals surface area contributed by atoms with Crippen LogP contribution in [0.4, 0.5) is 4.39 Å². The normalized spacial score (nSPS) is 11.5. The van der Waals surface area contributed by atoms with E-state index < -0.39 is 0 Å². The zero-order chi connectivity index (χ0) is 21.5. The maximum absolute atomic E-state index is 13.7. The van der Waals surface area contributed by atoms with E-state index in [1.807, 2.05) is 62.4 Å². The van der Waals surface area contributed by atoms with Gasteiger partial charge in [-0.3, -0.25) is 9.36 Å². The van der Waals surface area contributed by atoms with Crippen molar-refractivity contribution in [1.82, 2.24) is 14.5 Å². The van der Waals surface area contributed by atoms with Crippen molar-refractivity contribution in [1.29, 1.82) is 0 Å². The molecule has 0 spiro atoms. The van der Waals surface area contributed by atoms with Crippen molar-refractivity contribution in [3.63, 3.8) is 0 Å². The standard InChI is InChI=1S/C25H20FN3OS/c1-15-10-11-16(2)21(12-15)29-24(30)23-22(19-8-3-4-9-20(19)27-23)28-25(29)31-14-17-6-5-7-18(26)13-17/h3-13,27H,14H2,1-2H3. The molecular formula is C25H20FN3OS. The molecule has 2 aromatic heterocycles. The lowest BCUT2D eigenvalue weighted by atomic mass is 10.1. The van der Waals surface area contributed by atoms with Gasteiger partial charge in [-0.05, 0) is 54.8 Å². The van der Waals surface area contributed by atoms with Gasteiger partial charge in [-0.25, -0.2) is 9.37 Å². The fourth-order valence-electron chi connectivity index (χ4n) is 3.79. The van der Waals surface area contributed by atoms with Crippen LogP contribution in [0.5, 0.6) is 0 Å². The molecule has 0 aliphatic heterocycles. The molecule has 6 heteroatoms. The number of hydrogen-bond donors (Lipinski definition) is 1. The number of aryl methyl sites for hydroxylation is 2. The molecule has 0 radical (unpaired) electrons. The lowest BCUT2D eigenvalue weighted by molar-refractivity contribution is 0.626. The van der Waals surface area contributed by atoms with Gasteiger partial charge in [-0.1, -0.05) is 54.2 Å². The van der Waals surface area contributed by atoms with Crippen molar-refractivity contribution >= 4 is 33.7 Å². The number of halogens is 1. The van der Waals surface area contributed by atoms with Crippen LogP contribution in [0.1, 0.15) is 16.7 Å². The molecule has 0 fully saturated rings. The van der Waals surface area contributed by atoms with Crippen molar-refractivity contribution in [3.05, 3.63) is 99.6 Å². The third-order valence-corrected chi connectivity index (χ3v) is 6.37. The van der Waals surface area contributed by atoms with Crippen molar-refractivity contribution in [2.24, 2.45) is 0 Å². The number of nitrogens with zero attached hydrogens (tertiary/aromatic N) is 2. The van der Waals surface area contributed by atoms with Crippen LogP contribution in [0.15, 0.2) is 76.7 Å². The maximum atomic E-state index is 13.7. The molecule has 0 atom stereocenters. The highest BCUT2D eigenvalue weighted by Gasteiger charge is 2.18. The summed E-state index contributed by atoms with van der Waals surface area (Å²) in [7, 11) is 0. The minimum atomic E-state index is -0.273. The van der Waals surface area contributed by atoms with Crippen molar-refractivity contribution in [2.75, 3.05) is 0 Å². The van der Waals surface area contributed by atoms with Crippen LogP contribution < -0.4 is 5.56 Å². The van der Waals surface area contributed by atoms with Gasteiger partial charge in [0.1, 0.15) is 16.9 Å². The second-order valence-electron chi connectivity index (χ2n) is 7.64. The highest BCUT2D eigenvalue weighted by atomic mass is 32.2. The minimum absolute atomic E-state index is 0.142. The molecule has 0 bridgehead atoms. The average molecular weight is 430 g/mol. The third-order valence-electron chi connectivity index (χ3n) is 5.36. The lowest BCUT2D eigenvalue weighted by Crippen LogP contribution is -2.22. The largest absolute Gasteiger partial charge is 0.349 e. The van der Waals surface area contributed by atoms with Crippen LogP contribution in [-0.4, -0.2) is 14.5 Å². The summed E-state index contributed by atoms with van der Waals surface area (Å²) in [6.07, 6.45) is 0. The Kier molecular flexibility index (Phi) is 4.87. The highest BCUT2D eigenvalue weighted by molar-refractivity contribution is 7.98. The summed E-state index contributed by atoms with van der Waals surface area (Å²) in [4.78, 5) is 21.8. The second kappa shape index (κ2) is 7.71. The smallest absolute Gasteiger partial charge is 0.283 e. The lowest BCUT2D eigenvalue weighted by Gasteiger charge is -2.15. The van der Waals surface area contributed by atoms with E-state index in [-0.39, 0.29) is 11.4 Å². The van der Waals surface area contributed by atoms with Gasteiger partial charge < -0.3 is 4.98 Å². The Morgan fingerprint density at radius 2 is 1.87 bits per heavy atom. The zero-order valence-electron chi connectivity index (χ0n) is 17.1. The van der Waals surface area contributed by atoms with Gasteiger partial charge in [-0.2, -0.15) is 0 Å². The number of hydrogen-bond acceptors (Lipinski definition) is 3. The van der Waals surface area contributed by atoms with Crippen LogP contribution in [-0.2, 0) is 5.75 Å². The first kappa shape index (κ1) is 19.6. The third kappa shape index (κ3) is 3.53. The first-order valence-electron chi connectivity index (χ1n) is 9.99. The van der Waals surface area contributed by atoms with E-state index in [1.54, 1.807) is 10.6 Å². The van der Waals surface area contributed by atoms with Crippen molar-refractivity contribution < 1.29 is 4.39 Å². The second-order valence-corrected chi connectivity index (χ2v) is 8.58. The fraction of sp³-hybridized carbons (Fsp3) is 0.120. The Hall–Kier alpha value is -3.38. The van der Waals surface area contributed by atoms with Crippen LogP contribution >= 0.6 is 11.8 Å². The summed E-state index contributed by atoms with van der Waals surface area (Å²) in [5.74, 6) is 0.230. The predicted molar refractivity (Wildman–Crippen MR) is 125 cm³/mol. The number of aromatic amines is 1. The van der Waals surface area contributed by atoms with Gasteiger partial charge >= 0.3 is 0 Å². The Morgan fingerprint density at radius 1 is 1.03 bits per heavy atom. The summed E-state index contributed by atoms with van der Waals surface area (Å²) in [6, 6.07) is 20.3. The SMILES string of the molecule is Cc1ccc(C)c(-n2c(SCc3cccc(F)c3)nc3c([nH]c4ccccc43)c2=O)c1. The number of thioether (sulfide) groups is 1. The average Bonchev–Trinajstić information content (AvgIpc) is 3.14. The molecule has 31 heavy (non-hydrogen) atoms. The van der Waals surface area contributed by atoms with E-state index in [9.17, 15) is 9.18 Å². The predicted octanol–water partition coefficient (Wildman–Crippen LogP) is 5.92. The van der Waals surface area contributed by atoms with Gasteiger partial charge in [-0.15, -0.1) is 0 Å². The number of nitrogens with one attached hydrogen (secondary N) is 1. The molecule has 5 rings (SSSR count). The van der Waals surface area contributed by atoms with Gasteiger partial charge in [0.15, 0.2) is 5.16 Å². The number of benzene rings is 3. The van der Waals surface area contributed by atoms with Crippen LogP contribution in [0.3, 0.4) is 0 Å². The first-order chi connectivity index (χ1) is 15.0. The summed E-state index contributed by atoms with van der Waals surface area (Å²) in [5, 5.41) is 1.50. The summed E-state index contributed by atoms with van der Waals surface area (Å²) >= 11 is 1.43. The zero-order valence-corrected chi connectivity index (χ0v) is 18.0. The molecular weight excluding hydrogens is 409 g/mol. The number of fused-ring (bicyclic) bond motifs is 3. The van der Waals surface area contributed by atoms with E-state index >= 15 is 0 Å². The van der Waals surface area contributed by atoms with Gasteiger partial charge in [0.05, 0.1) is 5.69 Å².